The van der Waals surface area contributed by atoms with Crippen molar-refractivity contribution in [2.24, 2.45) is 5.92 Å². The third-order valence-electron chi connectivity index (χ3n) is 4.29. The van der Waals surface area contributed by atoms with E-state index in [-0.39, 0.29) is 11.7 Å². The van der Waals surface area contributed by atoms with E-state index in [0.29, 0.717) is 5.92 Å². The number of nitrogens with zero attached hydrogens (tertiary/aromatic N) is 2. The average Bonchev–Trinajstić information content (AvgIpc) is 2.40. The SMILES string of the molecule is CC(C)c1ccc(N2CC(CS(C)(=O)=O)C2)c2cnccc12. The molecule has 1 aromatic heterocycles. The van der Waals surface area contributed by atoms with Crippen molar-refractivity contribution in [1.82, 2.24) is 4.98 Å². The molecule has 0 N–H and O–H groups in total. The van der Waals surface area contributed by atoms with Gasteiger partial charge < -0.3 is 4.90 Å². The van der Waals surface area contributed by atoms with Gasteiger partial charge >= 0.3 is 0 Å². The van der Waals surface area contributed by atoms with Crippen LogP contribution in [0.15, 0.2) is 30.6 Å². The molecule has 2 heterocycles. The van der Waals surface area contributed by atoms with Gasteiger partial charge in [-0.05, 0) is 29.0 Å². The standard InChI is InChI=1S/C17H22N2O2S/c1-12(2)14-4-5-17(16-8-18-7-6-15(14)16)19-9-13(10-19)11-22(3,20)21/h4-8,12-13H,9-11H2,1-3H3. The molecule has 1 aromatic carbocycles. The van der Waals surface area contributed by atoms with E-state index in [1.54, 1.807) is 0 Å². The molecular formula is C17H22N2O2S. The number of benzene rings is 1. The van der Waals surface area contributed by atoms with Crippen LogP contribution >= 0.6 is 0 Å². The van der Waals surface area contributed by atoms with Gasteiger partial charge in [0.1, 0.15) is 9.84 Å². The Bertz CT molecular complexity index is 793. The Morgan fingerprint density at radius 3 is 2.59 bits per heavy atom. The minimum absolute atomic E-state index is 0.242. The molecule has 1 aliphatic rings. The predicted octanol–water partition coefficient (Wildman–Crippen LogP) is 2.84. The van der Waals surface area contributed by atoms with Crippen molar-refractivity contribution in [3.8, 4) is 0 Å². The summed E-state index contributed by atoms with van der Waals surface area (Å²) in [4.78, 5) is 6.52. The van der Waals surface area contributed by atoms with Crippen LogP contribution in [-0.4, -0.2) is 38.5 Å². The van der Waals surface area contributed by atoms with Crippen LogP contribution in [0.4, 0.5) is 5.69 Å². The van der Waals surface area contributed by atoms with Gasteiger partial charge in [0.25, 0.3) is 0 Å². The van der Waals surface area contributed by atoms with Gasteiger partial charge in [0.05, 0.1) is 5.75 Å². The lowest BCUT2D eigenvalue weighted by Crippen LogP contribution is -2.49. The second kappa shape index (κ2) is 5.54. The lowest BCUT2D eigenvalue weighted by atomic mass is 9.94. The smallest absolute Gasteiger partial charge is 0.147 e. The second-order valence-electron chi connectivity index (χ2n) is 6.61. The Kier molecular flexibility index (Phi) is 3.85. The van der Waals surface area contributed by atoms with Crippen LogP contribution < -0.4 is 4.90 Å². The van der Waals surface area contributed by atoms with Crippen LogP contribution in [0, 0.1) is 5.92 Å². The zero-order valence-corrected chi connectivity index (χ0v) is 14.1. The molecule has 0 saturated carbocycles. The number of pyridine rings is 1. The molecule has 1 fully saturated rings. The van der Waals surface area contributed by atoms with Crippen LogP contribution in [0.5, 0.6) is 0 Å². The van der Waals surface area contributed by atoms with Gasteiger partial charge in [-0.25, -0.2) is 8.42 Å². The van der Waals surface area contributed by atoms with E-state index in [1.807, 2.05) is 12.4 Å². The average molecular weight is 318 g/mol. The fraction of sp³-hybridized carbons (Fsp3) is 0.471. The summed E-state index contributed by atoms with van der Waals surface area (Å²) >= 11 is 0. The Morgan fingerprint density at radius 1 is 1.23 bits per heavy atom. The molecule has 4 nitrogen and oxygen atoms in total. The van der Waals surface area contributed by atoms with E-state index in [1.165, 1.54) is 17.2 Å². The summed E-state index contributed by atoms with van der Waals surface area (Å²) in [5.74, 6) is 0.990. The summed E-state index contributed by atoms with van der Waals surface area (Å²) in [6.45, 7) is 6.00. The number of rotatable bonds is 4. The van der Waals surface area contributed by atoms with E-state index in [2.05, 4.69) is 41.9 Å². The van der Waals surface area contributed by atoms with Crippen molar-refractivity contribution in [1.29, 1.82) is 0 Å². The number of hydrogen-bond acceptors (Lipinski definition) is 4. The van der Waals surface area contributed by atoms with Crippen LogP contribution in [0.2, 0.25) is 0 Å². The number of sulfone groups is 1. The largest absolute Gasteiger partial charge is 0.370 e. The first-order valence-electron chi connectivity index (χ1n) is 7.64. The van der Waals surface area contributed by atoms with Crippen molar-refractivity contribution < 1.29 is 8.42 Å². The third-order valence-corrected chi connectivity index (χ3v) is 5.36. The lowest BCUT2D eigenvalue weighted by Gasteiger charge is -2.41. The lowest BCUT2D eigenvalue weighted by molar-refractivity contribution is 0.445. The Morgan fingerprint density at radius 2 is 1.95 bits per heavy atom. The molecule has 0 amide bonds. The monoisotopic (exact) mass is 318 g/mol. The fourth-order valence-electron chi connectivity index (χ4n) is 3.28. The van der Waals surface area contributed by atoms with E-state index in [9.17, 15) is 8.42 Å². The number of aromatic nitrogens is 1. The zero-order valence-electron chi connectivity index (χ0n) is 13.3. The maximum absolute atomic E-state index is 11.4. The summed E-state index contributed by atoms with van der Waals surface area (Å²) in [5.41, 5.74) is 2.49. The molecule has 2 aromatic rings. The van der Waals surface area contributed by atoms with Gasteiger partial charge in [-0.3, -0.25) is 4.98 Å². The molecule has 118 valence electrons. The summed E-state index contributed by atoms with van der Waals surface area (Å²) < 4.78 is 22.8. The summed E-state index contributed by atoms with van der Waals surface area (Å²) in [7, 11) is -2.89. The van der Waals surface area contributed by atoms with Crippen molar-refractivity contribution in [3.63, 3.8) is 0 Å². The van der Waals surface area contributed by atoms with Crippen LogP contribution in [-0.2, 0) is 9.84 Å². The highest BCUT2D eigenvalue weighted by Crippen LogP contribution is 2.35. The topological polar surface area (TPSA) is 50.3 Å². The van der Waals surface area contributed by atoms with Crippen LogP contribution in [0.3, 0.4) is 0 Å². The first kappa shape index (κ1) is 15.3. The number of anilines is 1. The molecule has 0 radical (unpaired) electrons. The molecule has 0 unspecified atom stereocenters. The van der Waals surface area contributed by atoms with E-state index in [0.717, 1.165) is 24.2 Å². The molecule has 0 spiro atoms. The number of fused-ring (bicyclic) bond motifs is 1. The molecule has 0 bridgehead atoms. The van der Waals surface area contributed by atoms with Gasteiger partial charge in [-0.1, -0.05) is 19.9 Å². The van der Waals surface area contributed by atoms with Crippen molar-refractivity contribution in [3.05, 3.63) is 36.2 Å². The molecule has 0 atom stereocenters. The Balaban J connectivity index is 1.89. The molecule has 1 aliphatic heterocycles. The molecule has 3 rings (SSSR count). The molecule has 22 heavy (non-hydrogen) atoms. The quantitative estimate of drug-likeness (QED) is 0.870. The maximum Gasteiger partial charge on any atom is 0.147 e. The highest BCUT2D eigenvalue weighted by atomic mass is 32.2. The first-order chi connectivity index (χ1) is 10.3. The number of hydrogen-bond donors (Lipinski definition) is 0. The third kappa shape index (κ3) is 2.95. The van der Waals surface area contributed by atoms with Crippen molar-refractivity contribution >= 4 is 26.3 Å². The summed E-state index contributed by atoms with van der Waals surface area (Å²) in [6.07, 6.45) is 5.06. The van der Waals surface area contributed by atoms with Gasteiger partial charge in [-0.2, -0.15) is 0 Å². The first-order valence-corrected chi connectivity index (χ1v) is 9.70. The van der Waals surface area contributed by atoms with Crippen LogP contribution in [0.25, 0.3) is 10.8 Å². The Labute approximate surface area is 132 Å². The maximum atomic E-state index is 11.4. The van der Waals surface area contributed by atoms with Gasteiger partial charge in [0.2, 0.25) is 0 Å². The van der Waals surface area contributed by atoms with Gasteiger partial charge in [-0.15, -0.1) is 0 Å². The highest BCUT2D eigenvalue weighted by molar-refractivity contribution is 7.90. The molecule has 0 aliphatic carbocycles. The van der Waals surface area contributed by atoms with Crippen molar-refractivity contribution in [2.45, 2.75) is 19.8 Å². The van der Waals surface area contributed by atoms with Gasteiger partial charge in [0.15, 0.2) is 0 Å². The predicted molar refractivity (Wildman–Crippen MR) is 91.2 cm³/mol. The molecular weight excluding hydrogens is 296 g/mol. The van der Waals surface area contributed by atoms with Gasteiger partial charge in [0, 0.05) is 48.7 Å². The minimum atomic E-state index is -2.89. The van der Waals surface area contributed by atoms with Crippen molar-refractivity contribution in [2.75, 3.05) is 30.0 Å². The highest BCUT2D eigenvalue weighted by Gasteiger charge is 2.30. The summed E-state index contributed by atoms with van der Waals surface area (Å²) in [5, 5.41) is 2.40. The van der Waals surface area contributed by atoms with E-state index in [4.69, 9.17) is 0 Å². The normalized spacial score (nSPS) is 16.3. The fourth-order valence-corrected chi connectivity index (χ4v) is 4.35. The Hall–Kier alpha value is -1.62. The molecule has 5 heteroatoms. The van der Waals surface area contributed by atoms with Crippen LogP contribution in [0.1, 0.15) is 25.3 Å². The van der Waals surface area contributed by atoms with E-state index >= 15 is 0 Å². The summed E-state index contributed by atoms with van der Waals surface area (Å²) in [6, 6.07) is 6.41. The molecule has 1 saturated heterocycles. The minimum Gasteiger partial charge on any atom is -0.370 e. The second-order valence-corrected chi connectivity index (χ2v) is 8.80. The zero-order chi connectivity index (χ0) is 15.9. The van der Waals surface area contributed by atoms with E-state index < -0.39 is 9.84 Å².